The second kappa shape index (κ2) is 3.83. The van der Waals surface area contributed by atoms with E-state index in [4.69, 9.17) is 11.1 Å². The van der Waals surface area contributed by atoms with Gasteiger partial charge < -0.3 is 5.73 Å². The standard InChI is InChI=1S/C6H11N3/c1-3-5(2)6(8)9-4-7/h3-4H,1-2H3,(H3,7,8,9)/b5-3-. The SMILES string of the molecule is C/C=C(/C)C(N)=NC=N. The van der Waals surface area contributed by atoms with E-state index in [0.29, 0.717) is 5.84 Å². The quantitative estimate of drug-likeness (QED) is 0.418. The van der Waals surface area contributed by atoms with Crippen molar-refractivity contribution in [3.8, 4) is 0 Å². The maximum Gasteiger partial charge on any atom is 0.127 e. The van der Waals surface area contributed by atoms with E-state index in [2.05, 4.69) is 4.99 Å². The lowest BCUT2D eigenvalue weighted by Gasteiger charge is -1.93. The van der Waals surface area contributed by atoms with Crippen LogP contribution in [0.3, 0.4) is 0 Å². The fourth-order valence-electron chi connectivity index (χ4n) is 0.319. The van der Waals surface area contributed by atoms with Crippen LogP contribution in [0.2, 0.25) is 0 Å². The Morgan fingerprint density at radius 1 is 1.67 bits per heavy atom. The third-order valence-electron chi connectivity index (χ3n) is 1.04. The molecule has 0 saturated heterocycles. The molecule has 0 fully saturated rings. The van der Waals surface area contributed by atoms with Gasteiger partial charge >= 0.3 is 0 Å². The number of nitrogens with one attached hydrogen (secondary N) is 1. The van der Waals surface area contributed by atoms with Gasteiger partial charge in [0.25, 0.3) is 0 Å². The summed E-state index contributed by atoms with van der Waals surface area (Å²) in [6, 6.07) is 0. The number of nitrogens with zero attached hydrogens (tertiary/aromatic N) is 1. The number of aliphatic imine (C=N–C) groups is 1. The van der Waals surface area contributed by atoms with E-state index >= 15 is 0 Å². The van der Waals surface area contributed by atoms with Crippen LogP contribution < -0.4 is 5.73 Å². The Kier molecular flexibility index (Phi) is 3.35. The van der Waals surface area contributed by atoms with Crippen LogP contribution in [0.1, 0.15) is 13.8 Å². The zero-order valence-electron chi connectivity index (χ0n) is 5.68. The number of rotatable bonds is 2. The molecular formula is C6H11N3. The van der Waals surface area contributed by atoms with Gasteiger partial charge in [-0.15, -0.1) is 0 Å². The van der Waals surface area contributed by atoms with Gasteiger partial charge in [0.1, 0.15) is 12.2 Å². The highest BCUT2D eigenvalue weighted by Gasteiger charge is 1.89. The van der Waals surface area contributed by atoms with Crippen molar-refractivity contribution in [3.05, 3.63) is 11.6 Å². The molecular weight excluding hydrogens is 114 g/mol. The first-order valence-electron chi connectivity index (χ1n) is 2.68. The number of allylic oxidation sites excluding steroid dienone is 1. The molecule has 0 unspecified atom stereocenters. The summed E-state index contributed by atoms with van der Waals surface area (Å²) < 4.78 is 0. The Labute approximate surface area is 54.8 Å². The summed E-state index contributed by atoms with van der Waals surface area (Å²) in [5.41, 5.74) is 6.27. The van der Waals surface area contributed by atoms with Crippen molar-refractivity contribution < 1.29 is 0 Å². The molecule has 3 heteroatoms. The Bertz CT molecular complexity index is 156. The normalized spacial score (nSPS) is 13.6. The Hall–Kier alpha value is -1.12. The minimum atomic E-state index is 0.410. The first kappa shape index (κ1) is 7.88. The first-order valence-corrected chi connectivity index (χ1v) is 2.68. The topological polar surface area (TPSA) is 62.2 Å². The summed E-state index contributed by atoms with van der Waals surface area (Å²) in [7, 11) is 0. The van der Waals surface area contributed by atoms with E-state index in [0.717, 1.165) is 11.9 Å². The van der Waals surface area contributed by atoms with Crippen LogP contribution in [0.25, 0.3) is 0 Å². The number of hydrogen-bond acceptors (Lipinski definition) is 1. The molecule has 0 rings (SSSR count). The van der Waals surface area contributed by atoms with Crippen molar-refractivity contribution in [2.45, 2.75) is 13.8 Å². The monoisotopic (exact) mass is 125 g/mol. The summed E-state index contributed by atoms with van der Waals surface area (Å²) in [6.45, 7) is 3.73. The maximum absolute atomic E-state index is 6.58. The van der Waals surface area contributed by atoms with Gasteiger partial charge in [0, 0.05) is 0 Å². The number of nitrogens with two attached hydrogens (primary N) is 1. The molecule has 0 aliphatic heterocycles. The predicted molar refractivity (Wildman–Crippen MR) is 39.8 cm³/mol. The van der Waals surface area contributed by atoms with E-state index in [9.17, 15) is 0 Å². The van der Waals surface area contributed by atoms with Gasteiger partial charge in [-0.25, -0.2) is 4.99 Å². The molecule has 50 valence electrons. The zero-order valence-corrected chi connectivity index (χ0v) is 5.68. The lowest BCUT2D eigenvalue weighted by atomic mass is 10.3. The van der Waals surface area contributed by atoms with Crippen molar-refractivity contribution in [2.24, 2.45) is 10.7 Å². The van der Waals surface area contributed by atoms with E-state index in [1.54, 1.807) is 0 Å². The van der Waals surface area contributed by atoms with Crippen molar-refractivity contribution in [1.29, 1.82) is 5.41 Å². The van der Waals surface area contributed by atoms with Crippen LogP contribution in [-0.2, 0) is 0 Å². The van der Waals surface area contributed by atoms with Crippen LogP contribution in [0.15, 0.2) is 16.6 Å². The molecule has 0 aromatic carbocycles. The average molecular weight is 125 g/mol. The van der Waals surface area contributed by atoms with Gasteiger partial charge in [0.05, 0.1) is 0 Å². The highest BCUT2D eigenvalue weighted by atomic mass is 14.9. The summed E-state index contributed by atoms with van der Waals surface area (Å²) in [5, 5.41) is 6.58. The smallest absolute Gasteiger partial charge is 0.127 e. The largest absolute Gasteiger partial charge is 0.383 e. The van der Waals surface area contributed by atoms with Crippen molar-refractivity contribution in [3.63, 3.8) is 0 Å². The van der Waals surface area contributed by atoms with E-state index < -0.39 is 0 Å². The third kappa shape index (κ3) is 2.64. The molecule has 3 nitrogen and oxygen atoms in total. The van der Waals surface area contributed by atoms with Gasteiger partial charge in [-0.2, -0.15) is 0 Å². The molecule has 0 atom stereocenters. The summed E-state index contributed by atoms with van der Waals surface area (Å²) >= 11 is 0. The highest BCUT2D eigenvalue weighted by molar-refractivity contribution is 5.99. The maximum atomic E-state index is 6.58. The van der Waals surface area contributed by atoms with Crippen molar-refractivity contribution in [2.75, 3.05) is 0 Å². The molecule has 0 saturated carbocycles. The van der Waals surface area contributed by atoms with E-state index in [1.165, 1.54) is 0 Å². The zero-order chi connectivity index (χ0) is 7.28. The van der Waals surface area contributed by atoms with Gasteiger partial charge in [-0.05, 0) is 19.4 Å². The van der Waals surface area contributed by atoms with Crippen LogP contribution in [0, 0.1) is 5.41 Å². The molecule has 3 N–H and O–H groups in total. The van der Waals surface area contributed by atoms with Gasteiger partial charge in [0.2, 0.25) is 0 Å². The number of amidine groups is 1. The molecule has 0 aliphatic carbocycles. The summed E-state index contributed by atoms with van der Waals surface area (Å²) in [5.74, 6) is 0.410. The van der Waals surface area contributed by atoms with Crippen molar-refractivity contribution >= 4 is 12.2 Å². The lowest BCUT2D eigenvalue weighted by Crippen LogP contribution is -2.12. The van der Waals surface area contributed by atoms with E-state index in [1.807, 2.05) is 19.9 Å². The molecule has 0 spiro atoms. The second-order valence-electron chi connectivity index (χ2n) is 1.62. The highest BCUT2D eigenvalue weighted by Crippen LogP contribution is 1.89. The fraction of sp³-hybridized carbons (Fsp3) is 0.333. The van der Waals surface area contributed by atoms with Crippen LogP contribution >= 0.6 is 0 Å². The third-order valence-corrected chi connectivity index (χ3v) is 1.04. The minimum absolute atomic E-state index is 0.410. The van der Waals surface area contributed by atoms with Crippen LogP contribution in [0.5, 0.6) is 0 Å². The molecule has 0 heterocycles. The van der Waals surface area contributed by atoms with Gasteiger partial charge in [-0.1, -0.05) is 6.08 Å². The average Bonchev–Trinajstić information content (AvgIpc) is 1.87. The Morgan fingerprint density at radius 3 is 2.56 bits per heavy atom. The Morgan fingerprint density at radius 2 is 2.22 bits per heavy atom. The minimum Gasteiger partial charge on any atom is -0.383 e. The lowest BCUT2D eigenvalue weighted by molar-refractivity contribution is 1.43. The molecule has 0 aromatic rings. The van der Waals surface area contributed by atoms with Gasteiger partial charge in [0.15, 0.2) is 0 Å². The molecule has 0 radical (unpaired) electrons. The van der Waals surface area contributed by atoms with E-state index in [-0.39, 0.29) is 0 Å². The van der Waals surface area contributed by atoms with Crippen molar-refractivity contribution in [1.82, 2.24) is 0 Å². The number of hydrogen-bond donors (Lipinski definition) is 2. The van der Waals surface area contributed by atoms with Crippen LogP contribution in [0.4, 0.5) is 0 Å². The summed E-state index contributed by atoms with van der Waals surface area (Å²) in [4.78, 5) is 3.56. The summed E-state index contributed by atoms with van der Waals surface area (Å²) in [6.07, 6.45) is 2.78. The molecule has 9 heavy (non-hydrogen) atoms. The molecule has 0 bridgehead atoms. The fourth-order valence-corrected chi connectivity index (χ4v) is 0.319. The molecule has 0 aliphatic rings. The van der Waals surface area contributed by atoms with Crippen LogP contribution in [-0.4, -0.2) is 12.2 Å². The molecule has 0 amide bonds. The molecule has 0 aromatic heterocycles. The second-order valence-corrected chi connectivity index (χ2v) is 1.62. The first-order chi connectivity index (χ1) is 4.22. The Balaban J connectivity index is 4.19. The van der Waals surface area contributed by atoms with Gasteiger partial charge in [-0.3, -0.25) is 5.41 Å². The predicted octanol–water partition coefficient (Wildman–Crippen LogP) is 0.917.